The molecular formula is C12H16FNO5S2. The second-order valence-corrected chi connectivity index (χ2v) is 7.98. The van der Waals surface area contributed by atoms with Crippen molar-refractivity contribution < 1.29 is 26.9 Å². The van der Waals surface area contributed by atoms with E-state index in [1.165, 1.54) is 6.26 Å². The molecule has 0 aromatic heterocycles. The Bertz CT molecular complexity index is 660. The fraction of sp³-hybridized carbons (Fsp3) is 0.417. The Labute approximate surface area is 124 Å². The molecule has 9 heteroatoms. The van der Waals surface area contributed by atoms with Crippen LogP contribution in [0, 0.1) is 5.82 Å². The molecule has 21 heavy (non-hydrogen) atoms. The summed E-state index contributed by atoms with van der Waals surface area (Å²) in [6.45, 7) is 1.69. The minimum Gasteiger partial charge on any atom is -0.478 e. The molecule has 0 heterocycles. The van der Waals surface area contributed by atoms with Crippen molar-refractivity contribution in [2.75, 3.05) is 12.8 Å². The van der Waals surface area contributed by atoms with Crippen LogP contribution in [0.2, 0.25) is 0 Å². The molecule has 0 saturated heterocycles. The maximum atomic E-state index is 13.6. The second kappa shape index (κ2) is 7.10. The van der Waals surface area contributed by atoms with E-state index in [1.54, 1.807) is 6.92 Å². The lowest BCUT2D eigenvalue weighted by atomic mass is 10.2. The van der Waals surface area contributed by atoms with Crippen molar-refractivity contribution in [1.82, 2.24) is 4.72 Å². The molecule has 6 nitrogen and oxygen atoms in total. The number of carbonyl (C=O) groups is 1. The van der Waals surface area contributed by atoms with E-state index in [2.05, 4.69) is 4.72 Å². The van der Waals surface area contributed by atoms with E-state index in [9.17, 15) is 21.8 Å². The van der Waals surface area contributed by atoms with Crippen LogP contribution >= 0.6 is 0 Å². The molecule has 0 aliphatic rings. The summed E-state index contributed by atoms with van der Waals surface area (Å²) in [5.41, 5.74) is -0.320. The highest BCUT2D eigenvalue weighted by Gasteiger charge is 2.21. The van der Waals surface area contributed by atoms with Crippen molar-refractivity contribution in [3.8, 4) is 0 Å². The van der Waals surface area contributed by atoms with Crippen LogP contribution in [0.1, 0.15) is 23.7 Å². The first kappa shape index (κ1) is 17.7. The zero-order valence-corrected chi connectivity index (χ0v) is 13.1. The number of sulfonamides is 1. The third-order valence-corrected chi connectivity index (χ3v) is 5.72. The van der Waals surface area contributed by atoms with Crippen molar-refractivity contribution >= 4 is 26.8 Å². The van der Waals surface area contributed by atoms with E-state index in [0.717, 1.165) is 18.2 Å². The summed E-state index contributed by atoms with van der Waals surface area (Å²) in [5, 5.41) is 8.60. The summed E-state index contributed by atoms with van der Waals surface area (Å²) in [5.74, 6) is -2.37. The Balaban J connectivity index is 2.90. The Morgan fingerprint density at radius 2 is 2.10 bits per heavy atom. The maximum Gasteiger partial charge on any atom is 0.335 e. The van der Waals surface area contributed by atoms with Gasteiger partial charge in [-0.2, -0.15) is 0 Å². The van der Waals surface area contributed by atoms with Gasteiger partial charge in [0.05, 0.1) is 5.56 Å². The molecule has 1 aromatic rings. The largest absolute Gasteiger partial charge is 0.478 e. The highest BCUT2D eigenvalue weighted by atomic mass is 32.2. The number of rotatable bonds is 7. The second-order valence-electron chi connectivity index (χ2n) is 4.45. The molecule has 0 amide bonds. The number of halogens is 1. The van der Waals surface area contributed by atoms with Crippen LogP contribution in [-0.2, 0) is 20.8 Å². The fourth-order valence-corrected chi connectivity index (χ4v) is 3.08. The Kier molecular flexibility index (Phi) is 5.99. The standard InChI is InChI=1S/C12H16FNO5S2/c1-8(20(2)17)5-6-14-21(18,19)11-7-9(12(15)16)3-4-10(11)13/h3-4,7-8,14H,5-6H2,1-2H3,(H,15,16). The van der Waals surface area contributed by atoms with Gasteiger partial charge in [-0.1, -0.05) is 6.92 Å². The first-order chi connectivity index (χ1) is 9.65. The van der Waals surface area contributed by atoms with Gasteiger partial charge in [0, 0.05) is 28.9 Å². The molecule has 0 fully saturated rings. The molecule has 2 atom stereocenters. The first-order valence-electron chi connectivity index (χ1n) is 6.00. The van der Waals surface area contributed by atoms with Crippen molar-refractivity contribution in [1.29, 1.82) is 0 Å². The summed E-state index contributed by atoms with van der Waals surface area (Å²) in [6, 6.07) is 2.54. The molecule has 0 spiro atoms. The third-order valence-electron chi connectivity index (χ3n) is 2.88. The molecule has 2 N–H and O–H groups in total. The normalized spacial score (nSPS) is 14.6. The van der Waals surface area contributed by atoms with Crippen LogP contribution in [0.15, 0.2) is 23.1 Å². The number of hydrogen-bond donors (Lipinski definition) is 2. The number of aromatic carboxylic acids is 1. The number of carboxylic acids is 1. The summed E-state index contributed by atoms with van der Waals surface area (Å²) in [7, 11) is -5.24. The maximum absolute atomic E-state index is 13.6. The summed E-state index contributed by atoms with van der Waals surface area (Å²) in [4.78, 5) is 10.1. The van der Waals surface area contributed by atoms with Crippen LogP contribution in [-0.4, -0.2) is 41.8 Å². The fourth-order valence-electron chi connectivity index (χ4n) is 1.48. The average molecular weight is 337 g/mol. The zero-order valence-electron chi connectivity index (χ0n) is 11.5. The highest BCUT2D eigenvalue weighted by molar-refractivity contribution is 7.89. The van der Waals surface area contributed by atoms with Crippen LogP contribution < -0.4 is 4.72 Å². The summed E-state index contributed by atoms with van der Waals surface area (Å²) in [6.07, 6.45) is 1.83. The van der Waals surface area contributed by atoms with E-state index in [0.29, 0.717) is 6.42 Å². The van der Waals surface area contributed by atoms with Gasteiger partial charge in [0.25, 0.3) is 0 Å². The van der Waals surface area contributed by atoms with Gasteiger partial charge in [-0.3, -0.25) is 4.21 Å². The lowest BCUT2D eigenvalue weighted by molar-refractivity contribution is 0.0696. The monoisotopic (exact) mass is 337 g/mol. The third kappa shape index (κ3) is 4.87. The van der Waals surface area contributed by atoms with Gasteiger partial charge in [0.2, 0.25) is 10.0 Å². The molecule has 0 aliphatic carbocycles. The number of benzene rings is 1. The number of carboxylic acid groups (broad SMARTS) is 1. The molecule has 118 valence electrons. The Hall–Kier alpha value is -1.32. The number of hydrogen-bond acceptors (Lipinski definition) is 4. The van der Waals surface area contributed by atoms with Gasteiger partial charge in [-0.15, -0.1) is 0 Å². The predicted octanol–water partition coefficient (Wildman–Crippen LogP) is 0.959. The van der Waals surface area contributed by atoms with Gasteiger partial charge in [-0.05, 0) is 24.6 Å². The van der Waals surface area contributed by atoms with Crippen LogP contribution in [0.25, 0.3) is 0 Å². The molecular weight excluding hydrogens is 321 g/mol. The van der Waals surface area contributed by atoms with Crippen molar-refractivity contribution in [2.24, 2.45) is 0 Å². The lowest BCUT2D eigenvalue weighted by Crippen LogP contribution is -2.28. The highest BCUT2D eigenvalue weighted by Crippen LogP contribution is 2.16. The van der Waals surface area contributed by atoms with E-state index in [1.807, 2.05) is 0 Å². The summed E-state index contributed by atoms with van der Waals surface area (Å²) < 4.78 is 50.8. The van der Waals surface area contributed by atoms with Crippen molar-refractivity contribution in [2.45, 2.75) is 23.5 Å². The molecule has 0 saturated carbocycles. The molecule has 1 aromatic carbocycles. The summed E-state index contributed by atoms with van der Waals surface area (Å²) >= 11 is 0. The topological polar surface area (TPSA) is 101 Å². The zero-order chi connectivity index (χ0) is 16.2. The number of nitrogens with one attached hydrogen (secondary N) is 1. The molecule has 2 unspecified atom stereocenters. The lowest BCUT2D eigenvalue weighted by Gasteiger charge is -2.11. The first-order valence-corrected chi connectivity index (χ1v) is 9.10. The van der Waals surface area contributed by atoms with Gasteiger partial charge in [0.15, 0.2) is 0 Å². The van der Waals surface area contributed by atoms with Gasteiger partial charge in [0.1, 0.15) is 10.7 Å². The molecule has 0 bridgehead atoms. The quantitative estimate of drug-likeness (QED) is 0.772. The van der Waals surface area contributed by atoms with Gasteiger partial charge in [-0.25, -0.2) is 22.3 Å². The van der Waals surface area contributed by atoms with Crippen LogP contribution in [0.3, 0.4) is 0 Å². The van der Waals surface area contributed by atoms with Crippen LogP contribution in [0.5, 0.6) is 0 Å². The van der Waals surface area contributed by atoms with Crippen molar-refractivity contribution in [3.05, 3.63) is 29.6 Å². The van der Waals surface area contributed by atoms with Gasteiger partial charge < -0.3 is 5.11 Å². The van der Waals surface area contributed by atoms with Crippen molar-refractivity contribution in [3.63, 3.8) is 0 Å². The minimum absolute atomic E-state index is 0.0141. The van der Waals surface area contributed by atoms with E-state index >= 15 is 0 Å². The van der Waals surface area contributed by atoms with E-state index < -0.39 is 37.5 Å². The molecule has 0 radical (unpaired) electrons. The minimum atomic E-state index is -4.16. The molecule has 0 aliphatic heterocycles. The van der Waals surface area contributed by atoms with Crippen LogP contribution in [0.4, 0.5) is 4.39 Å². The van der Waals surface area contributed by atoms with E-state index in [-0.39, 0.29) is 17.4 Å². The van der Waals surface area contributed by atoms with E-state index in [4.69, 9.17) is 5.11 Å². The molecule has 1 rings (SSSR count). The predicted molar refractivity (Wildman–Crippen MR) is 76.7 cm³/mol. The smallest absolute Gasteiger partial charge is 0.335 e. The Morgan fingerprint density at radius 3 is 2.62 bits per heavy atom. The van der Waals surface area contributed by atoms with Gasteiger partial charge >= 0.3 is 5.97 Å². The SMILES string of the molecule is CC(CCNS(=O)(=O)c1cc(C(=O)O)ccc1F)S(C)=O. The Morgan fingerprint density at radius 1 is 1.48 bits per heavy atom. The average Bonchev–Trinajstić information content (AvgIpc) is 2.38.